The molecule has 1 N–H and O–H groups in total. The Balaban J connectivity index is 1.56. The molecule has 1 aliphatic rings. The highest BCUT2D eigenvalue weighted by molar-refractivity contribution is 5.92. The van der Waals surface area contributed by atoms with E-state index < -0.39 is 0 Å². The highest BCUT2D eigenvalue weighted by Crippen LogP contribution is 2.13. The summed E-state index contributed by atoms with van der Waals surface area (Å²) in [5, 5.41) is 3.09. The molecule has 3 rings (SSSR count). The lowest BCUT2D eigenvalue weighted by Gasteiger charge is -2.34. The molecule has 136 valence electrons. The number of carbonyl (C=O) groups excluding carboxylic acids is 2. The van der Waals surface area contributed by atoms with Crippen LogP contribution in [0.1, 0.15) is 23.0 Å². The number of nitrogens with one attached hydrogen (secondary N) is 1. The predicted molar refractivity (Wildman–Crippen MR) is 96.1 cm³/mol. The fraction of sp³-hybridized carbons (Fsp3) is 0.316. The van der Waals surface area contributed by atoms with Gasteiger partial charge in [-0.25, -0.2) is 9.37 Å². The SMILES string of the molecule is CC(=O)N1CCN(C(=O)c2ccc(NCc3ccccc3F)cn2)CC1. The minimum Gasteiger partial charge on any atom is -0.380 e. The number of carbonyl (C=O) groups is 2. The van der Waals surface area contributed by atoms with Gasteiger partial charge in [0.25, 0.3) is 5.91 Å². The van der Waals surface area contributed by atoms with Gasteiger partial charge in [0.15, 0.2) is 0 Å². The van der Waals surface area contributed by atoms with Gasteiger partial charge in [-0.3, -0.25) is 9.59 Å². The van der Waals surface area contributed by atoms with Crippen LogP contribution in [0.2, 0.25) is 0 Å². The highest BCUT2D eigenvalue weighted by Gasteiger charge is 2.23. The molecule has 0 atom stereocenters. The first-order valence-electron chi connectivity index (χ1n) is 8.52. The van der Waals surface area contributed by atoms with E-state index in [9.17, 15) is 14.0 Å². The molecular weight excluding hydrogens is 335 g/mol. The molecule has 6 nitrogen and oxygen atoms in total. The summed E-state index contributed by atoms with van der Waals surface area (Å²) in [7, 11) is 0. The average molecular weight is 356 g/mol. The minimum atomic E-state index is -0.260. The number of benzene rings is 1. The third kappa shape index (κ3) is 4.17. The Morgan fingerprint density at radius 1 is 1.08 bits per heavy atom. The van der Waals surface area contributed by atoms with Crippen molar-refractivity contribution in [3.05, 3.63) is 59.7 Å². The van der Waals surface area contributed by atoms with Gasteiger partial charge < -0.3 is 15.1 Å². The number of pyridine rings is 1. The summed E-state index contributed by atoms with van der Waals surface area (Å²) in [6.07, 6.45) is 1.57. The van der Waals surface area contributed by atoms with E-state index >= 15 is 0 Å². The Kier molecular flexibility index (Phi) is 5.46. The molecule has 0 aliphatic carbocycles. The molecule has 1 saturated heterocycles. The summed E-state index contributed by atoms with van der Waals surface area (Å²) in [6, 6.07) is 9.98. The van der Waals surface area contributed by atoms with Crippen molar-refractivity contribution < 1.29 is 14.0 Å². The van der Waals surface area contributed by atoms with Crippen molar-refractivity contribution in [3.8, 4) is 0 Å². The Bertz CT molecular complexity index is 786. The molecule has 2 aromatic rings. The molecular formula is C19H21FN4O2. The normalized spacial score (nSPS) is 14.2. The molecule has 7 heteroatoms. The summed E-state index contributed by atoms with van der Waals surface area (Å²) >= 11 is 0. The molecule has 0 saturated carbocycles. The fourth-order valence-electron chi connectivity index (χ4n) is 2.85. The van der Waals surface area contributed by atoms with Crippen LogP contribution in [-0.2, 0) is 11.3 Å². The molecule has 0 radical (unpaired) electrons. The van der Waals surface area contributed by atoms with Crippen molar-refractivity contribution >= 4 is 17.5 Å². The third-order valence-electron chi connectivity index (χ3n) is 4.44. The number of hydrogen-bond donors (Lipinski definition) is 1. The lowest BCUT2D eigenvalue weighted by atomic mass is 10.2. The number of nitrogens with zero attached hydrogens (tertiary/aromatic N) is 3. The van der Waals surface area contributed by atoms with Gasteiger partial charge >= 0.3 is 0 Å². The van der Waals surface area contributed by atoms with E-state index in [4.69, 9.17) is 0 Å². The molecule has 0 spiro atoms. The van der Waals surface area contributed by atoms with Crippen LogP contribution in [-0.4, -0.2) is 52.8 Å². The second kappa shape index (κ2) is 7.95. The topological polar surface area (TPSA) is 65.5 Å². The first-order valence-corrected chi connectivity index (χ1v) is 8.52. The molecule has 0 unspecified atom stereocenters. The first kappa shape index (κ1) is 17.8. The van der Waals surface area contributed by atoms with Crippen LogP contribution < -0.4 is 5.32 Å². The zero-order valence-electron chi connectivity index (χ0n) is 14.6. The van der Waals surface area contributed by atoms with Crippen LogP contribution >= 0.6 is 0 Å². The number of halogens is 1. The van der Waals surface area contributed by atoms with Gasteiger partial charge in [-0.1, -0.05) is 18.2 Å². The minimum absolute atomic E-state index is 0.0282. The predicted octanol–water partition coefficient (Wildman–Crippen LogP) is 2.14. The number of amides is 2. The number of anilines is 1. The second-order valence-electron chi connectivity index (χ2n) is 6.18. The van der Waals surface area contributed by atoms with Crippen molar-refractivity contribution in [1.82, 2.24) is 14.8 Å². The van der Waals surface area contributed by atoms with Gasteiger partial charge in [-0.05, 0) is 18.2 Å². The van der Waals surface area contributed by atoms with Crippen molar-refractivity contribution in [2.24, 2.45) is 0 Å². The van der Waals surface area contributed by atoms with Crippen molar-refractivity contribution in [2.75, 3.05) is 31.5 Å². The molecule has 1 fully saturated rings. The lowest BCUT2D eigenvalue weighted by Crippen LogP contribution is -2.50. The zero-order chi connectivity index (χ0) is 18.5. The van der Waals surface area contributed by atoms with Crippen LogP contribution in [0.3, 0.4) is 0 Å². The summed E-state index contributed by atoms with van der Waals surface area (Å²) in [5.74, 6) is -0.376. The Morgan fingerprint density at radius 3 is 2.38 bits per heavy atom. The molecule has 1 aromatic heterocycles. The molecule has 1 aromatic carbocycles. The van der Waals surface area contributed by atoms with E-state index in [0.717, 1.165) is 0 Å². The maximum Gasteiger partial charge on any atom is 0.272 e. The lowest BCUT2D eigenvalue weighted by molar-refractivity contribution is -0.130. The smallest absolute Gasteiger partial charge is 0.272 e. The van der Waals surface area contributed by atoms with Crippen LogP contribution in [0, 0.1) is 5.82 Å². The Hall–Kier alpha value is -2.96. The maximum atomic E-state index is 13.6. The number of rotatable bonds is 4. The van der Waals surface area contributed by atoms with Crippen LogP contribution in [0.15, 0.2) is 42.6 Å². The van der Waals surface area contributed by atoms with E-state index in [1.807, 2.05) is 0 Å². The summed E-state index contributed by atoms with van der Waals surface area (Å²) in [6.45, 7) is 3.98. The van der Waals surface area contributed by atoms with Crippen LogP contribution in [0.5, 0.6) is 0 Å². The van der Waals surface area contributed by atoms with Crippen LogP contribution in [0.4, 0.5) is 10.1 Å². The van der Waals surface area contributed by atoms with E-state index in [2.05, 4.69) is 10.3 Å². The standard InChI is InChI=1S/C19H21FN4O2/c1-14(25)23-8-10-24(11-9-23)19(26)18-7-6-16(13-22-18)21-12-15-4-2-3-5-17(15)20/h2-7,13,21H,8-12H2,1H3. The molecule has 0 bridgehead atoms. The number of hydrogen-bond acceptors (Lipinski definition) is 4. The Morgan fingerprint density at radius 2 is 1.77 bits per heavy atom. The van der Waals surface area contributed by atoms with Crippen molar-refractivity contribution in [2.45, 2.75) is 13.5 Å². The number of piperazine rings is 1. The largest absolute Gasteiger partial charge is 0.380 e. The van der Waals surface area contributed by atoms with Gasteiger partial charge in [-0.2, -0.15) is 0 Å². The Labute approximate surface area is 151 Å². The van der Waals surface area contributed by atoms with E-state index in [-0.39, 0.29) is 17.6 Å². The molecule has 26 heavy (non-hydrogen) atoms. The second-order valence-corrected chi connectivity index (χ2v) is 6.18. The first-order chi connectivity index (χ1) is 12.5. The van der Waals surface area contributed by atoms with Gasteiger partial charge in [0.05, 0.1) is 11.9 Å². The average Bonchev–Trinajstić information content (AvgIpc) is 2.67. The van der Waals surface area contributed by atoms with E-state index in [1.165, 1.54) is 13.0 Å². The third-order valence-corrected chi connectivity index (χ3v) is 4.44. The van der Waals surface area contributed by atoms with Gasteiger partial charge in [0, 0.05) is 45.2 Å². The van der Waals surface area contributed by atoms with Crippen molar-refractivity contribution in [1.29, 1.82) is 0 Å². The fourth-order valence-corrected chi connectivity index (χ4v) is 2.85. The maximum absolute atomic E-state index is 13.6. The van der Waals surface area contributed by atoms with Gasteiger partial charge in [-0.15, -0.1) is 0 Å². The monoisotopic (exact) mass is 356 g/mol. The van der Waals surface area contributed by atoms with Crippen molar-refractivity contribution in [3.63, 3.8) is 0 Å². The molecule has 1 aliphatic heterocycles. The summed E-state index contributed by atoms with van der Waals surface area (Å²) in [5.41, 5.74) is 1.64. The van der Waals surface area contributed by atoms with Gasteiger partial charge in [0.2, 0.25) is 5.91 Å². The molecule has 2 heterocycles. The zero-order valence-corrected chi connectivity index (χ0v) is 14.6. The molecule has 2 amide bonds. The van der Waals surface area contributed by atoms with E-state index in [0.29, 0.717) is 49.7 Å². The van der Waals surface area contributed by atoms with Gasteiger partial charge in [0.1, 0.15) is 11.5 Å². The van der Waals surface area contributed by atoms with Crippen LogP contribution in [0.25, 0.3) is 0 Å². The number of aromatic nitrogens is 1. The van der Waals surface area contributed by atoms with E-state index in [1.54, 1.807) is 46.3 Å². The summed E-state index contributed by atoms with van der Waals surface area (Å²) in [4.78, 5) is 31.5. The highest BCUT2D eigenvalue weighted by atomic mass is 19.1. The summed E-state index contributed by atoms with van der Waals surface area (Å²) < 4.78 is 13.6. The quantitative estimate of drug-likeness (QED) is 0.912.